The van der Waals surface area contributed by atoms with Gasteiger partial charge >= 0.3 is 0 Å². The highest BCUT2D eigenvalue weighted by Gasteiger charge is 1.98. The second kappa shape index (κ2) is 2.79. The van der Waals surface area contributed by atoms with Gasteiger partial charge in [-0.25, -0.2) is 4.68 Å². The maximum atomic E-state index is 10.8. The molecule has 58 valence electrons. The maximum Gasteiger partial charge on any atom is 0.266 e. The van der Waals surface area contributed by atoms with Crippen molar-refractivity contribution in [1.82, 2.24) is 9.78 Å². The number of nitrogens with two attached hydrogens (primary N) is 1. The molecule has 4 nitrogen and oxygen atoms in total. The van der Waals surface area contributed by atoms with Crippen LogP contribution in [0.3, 0.4) is 0 Å². The SMILES string of the molecule is Cn1nc(C(N)=S)ccc1=O. The molecule has 2 N–H and O–H groups in total. The molecule has 0 aliphatic heterocycles. The zero-order chi connectivity index (χ0) is 8.43. The monoisotopic (exact) mass is 169 g/mol. The van der Waals surface area contributed by atoms with Crippen molar-refractivity contribution in [3.63, 3.8) is 0 Å². The molecule has 1 heterocycles. The van der Waals surface area contributed by atoms with Crippen LogP contribution in [0.5, 0.6) is 0 Å². The summed E-state index contributed by atoms with van der Waals surface area (Å²) >= 11 is 4.66. The van der Waals surface area contributed by atoms with Crippen LogP contribution in [0.25, 0.3) is 0 Å². The molecule has 0 fully saturated rings. The van der Waals surface area contributed by atoms with E-state index in [1.807, 2.05) is 0 Å². The standard InChI is InChI=1S/C6H7N3OS/c1-9-5(10)3-2-4(8-9)6(7)11/h2-3H,1H3,(H2,7,11). The Morgan fingerprint density at radius 2 is 2.36 bits per heavy atom. The number of aromatic nitrogens is 2. The molecule has 0 unspecified atom stereocenters. The third-order valence-electron chi connectivity index (χ3n) is 1.21. The summed E-state index contributed by atoms with van der Waals surface area (Å²) in [5.41, 5.74) is 5.57. The highest BCUT2D eigenvalue weighted by molar-refractivity contribution is 7.80. The van der Waals surface area contributed by atoms with E-state index in [-0.39, 0.29) is 10.5 Å². The van der Waals surface area contributed by atoms with E-state index in [1.54, 1.807) is 7.05 Å². The topological polar surface area (TPSA) is 60.9 Å². The fourth-order valence-electron chi connectivity index (χ4n) is 0.634. The number of thiocarbonyl (C=S) groups is 1. The third kappa shape index (κ3) is 1.62. The van der Waals surface area contributed by atoms with Crippen LogP contribution in [0.1, 0.15) is 5.69 Å². The lowest BCUT2D eigenvalue weighted by Crippen LogP contribution is -2.23. The first-order valence-electron chi connectivity index (χ1n) is 2.95. The predicted molar refractivity (Wildman–Crippen MR) is 45.4 cm³/mol. The Labute approximate surface area is 68.6 Å². The number of aryl methyl sites for hydroxylation is 1. The second-order valence-electron chi connectivity index (χ2n) is 2.04. The molecule has 1 aromatic rings. The van der Waals surface area contributed by atoms with Gasteiger partial charge in [0.15, 0.2) is 0 Å². The van der Waals surface area contributed by atoms with Crippen molar-refractivity contribution in [1.29, 1.82) is 0 Å². The Morgan fingerprint density at radius 3 is 2.82 bits per heavy atom. The first-order valence-corrected chi connectivity index (χ1v) is 3.36. The molecule has 1 aromatic heterocycles. The molecule has 1 rings (SSSR count). The Morgan fingerprint density at radius 1 is 1.73 bits per heavy atom. The van der Waals surface area contributed by atoms with Crippen molar-refractivity contribution in [3.05, 3.63) is 28.2 Å². The number of rotatable bonds is 1. The molecule has 0 radical (unpaired) electrons. The summed E-state index contributed by atoms with van der Waals surface area (Å²) in [5.74, 6) is 0. The van der Waals surface area contributed by atoms with Gasteiger partial charge in [0.2, 0.25) is 0 Å². The number of hydrogen-bond acceptors (Lipinski definition) is 3. The maximum absolute atomic E-state index is 10.8. The molecule has 0 amide bonds. The molecule has 0 spiro atoms. The van der Waals surface area contributed by atoms with Gasteiger partial charge in [0.25, 0.3) is 5.56 Å². The van der Waals surface area contributed by atoms with Gasteiger partial charge in [-0.2, -0.15) is 5.10 Å². The lowest BCUT2D eigenvalue weighted by atomic mass is 10.4. The fraction of sp³-hybridized carbons (Fsp3) is 0.167. The quantitative estimate of drug-likeness (QED) is 0.571. The summed E-state index contributed by atoms with van der Waals surface area (Å²) in [5, 5.41) is 3.81. The van der Waals surface area contributed by atoms with E-state index in [0.29, 0.717) is 5.69 Å². The van der Waals surface area contributed by atoms with Crippen LogP contribution < -0.4 is 11.3 Å². The van der Waals surface area contributed by atoms with Crippen molar-refractivity contribution < 1.29 is 0 Å². The largest absolute Gasteiger partial charge is 0.388 e. The smallest absolute Gasteiger partial charge is 0.266 e. The van der Waals surface area contributed by atoms with Crippen LogP contribution in [0.15, 0.2) is 16.9 Å². The molecular weight excluding hydrogens is 162 g/mol. The van der Waals surface area contributed by atoms with Crippen LogP contribution >= 0.6 is 12.2 Å². The van der Waals surface area contributed by atoms with E-state index in [1.165, 1.54) is 16.8 Å². The summed E-state index contributed by atoms with van der Waals surface area (Å²) < 4.78 is 1.19. The van der Waals surface area contributed by atoms with Gasteiger partial charge in [-0.1, -0.05) is 12.2 Å². The number of nitrogens with zero attached hydrogens (tertiary/aromatic N) is 2. The zero-order valence-electron chi connectivity index (χ0n) is 5.94. The van der Waals surface area contributed by atoms with Gasteiger partial charge in [0.05, 0.1) is 0 Å². The van der Waals surface area contributed by atoms with E-state index >= 15 is 0 Å². The Hall–Kier alpha value is -1.23. The predicted octanol–water partition coefficient (Wildman–Crippen LogP) is -0.586. The minimum atomic E-state index is -0.176. The van der Waals surface area contributed by atoms with Gasteiger partial charge < -0.3 is 5.73 Å². The van der Waals surface area contributed by atoms with Crippen molar-refractivity contribution in [3.8, 4) is 0 Å². The lowest BCUT2D eigenvalue weighted by Gasteiger charge is -1.98. The van der Waals surface area contributed by atoms with Crippen molar-refractivity contribution in [2.24, 2.45) is 12.8 Å². The van der Waals surface area contributed by atoms with Crippen molar-refractivity contribution >= 4 is 17.2 Å². The van der Waals surface area contributed by atoms with Crippen LogP contribution in [-0.4, -0.2) is 14.8 Å². The van der Waals surface area contributed by atoms with Gasteiger partial charge in [-0.3, -0.25) is 4.79 Å². The Balaban J connectivity index is 3.26. The average molecular weight is 169 g/mol. The summed E-state index contributed by atoms with van der Waals surface area (Å²) in [6.45, 7) is 0. The third-order valence-corrected chi connectivity index (χ3v) is 1.42. The number of hydrogen-bond donors (Lipinski definition) is 1. The zero-order valence-corrected chi connectivity index (χ0v) is 6.76. The normalized spacial score (nSPS) is 9.55. The van der Waals surface area contributed by atoms with E-state index in [4.69, 9.17) is 5.73 Å². The summed E-state index contributed by atoms with van der Waals surface area (Å²) in [4.78, 5) is 11.0. The van der Waals surface area contributed by atoms with E-state index in [2.05, 4.69) is 17.3 Å². The first-order chi connectivity index (χ1) is 5.11. The Bertz CT molecular complexity index is 344. The van der Waals surface area contributed by atoms with Gasteiger partial charge in [-0.15, -0.1) is 0 Å². The van der Waals surface area contributed by atoms with Crippen LogP contribution in [-0.2, 0) is 7.05 Å². The highest BCUT2D eigenvalue weighted by Crippen LogP contribution is 1.87. The lowest BCUT2D eigenvalue weighted by molar-refractivity contribution is 0.703. The van der Waals surface area contributed by atoms with Crippen LogP contribution in [0.4, 0.5) is 0 Å². The molecule has 0 aromatic carbocycles. The van der Waals surface area contributed by atoms with Crippen molar-refractivity contribution in [2.45, 2.75) is 0 Å². The average Bonchev–Trinajstić information content (AvgIpc) is 1.94. The van der Waals surface area contributed by atoms with Gasteiger partial charge in [0.1, 0.15) is 10.7 Å². The molecule has 11 heavy (non-hydrogen) atoms. The highest BCUT2D eigenvalue weighted by atomic mass is 32.1. The van der Waals surface area contributed by atoms with Gasteiger partial charge in [0, 0.05) is 13.1 Å². The van der Waals surface area contributed by atoms with Crippen molar-refractivity contribution in [2.75, 3.05) is 0 Å². The first kappa shape index (κ1) is 7.87. The van der Waals surface area contributed by atoms with E-state index < -0.39 is 0 Å². The van der Waals surface area contributed by atoms with E-state index in [0.717, 1.165) is 0 Å². The second-order valence-corrected chi connectivity index (χ2v) is 2.48. The van der Waals surface area contributed by atoms with Gasteiger partial charge in [-0.05, 0) is 6.07 Å². The molecule has 5 heteroatoms. The molecule has 0 bridgehead atoms. The molecule has 0 atom stereocenters. The Kier molecular flexibility index (Phi) is 2.00. The summed E-state index contributed by atoms with van der Waals surface area (Å²) in [7, 11) is 1.55. The summed E-state index contributed by atoms with van der Waals surface area (Å²) in [6, 6.07) is 2.88. The minimum absolute atomic E-state index is 0.176. The van der Waals surface area contributed by atoms with Crippen LogP contribution in [0.2, 0.25) is 0 Å². The molecule has 0 aliphatic rings. The van der Waals surface area contributed by atoms with E-state index in [9.17, 15) is 4.79 Å². The molecule has 0 saturated carbocycles. The molecule has 0 aliphatic carbocycles. The summed E-state index contributed by atoms with van der Waals surface area (Å²) in [6.07, 6.45) is 0. The minimum Gasteiger partial charge on any atom is -0.388 e. The molecule has 0 saturated heterocycles. The fourth-order valence-corrected chi connectivity index (χ4v) is 0.743. The van der Waals surface area contributed by atoms with Crippen LogP contribution in [0, 0.1) is 0 Å². The molecular formula is C6H7N3OS.